The Bertz CT molecular complexity index is 458. The van der Waals surface area contributed by atoms with E-state index in [-0.39, 0.29) is 18.7 Å². The van der Waals surface area contributed by atoms with Crippen molar-refractivity contribution in [2.24, 2.45) is 0 Å². The number of hydrogen-bond acceptors (Lipinski definition) is 4. The Morgan fingerprint density at radius 2 is 2.16 bits per heavy atom. The zero-order valence-corrected chi connectivity index (χ0v) is 12.3. The van der Waals surface area contributed by atoms with Crippen molar-refractivity contribution >= 4 is 23.2 Å². The first-order chi connectivity index (χ1) is 8.88. The second kappa shape index (κ2) is 6.65. The standard InChI is InChI=1S/C13H20N2O3S/c1-4-11-14-9(8-19-11)6-10(16)15-13(3,5-2)7-12(17)18/h8H,4-7H2,1-3H3,(H,15,16)(H,17,18). The second-order valence-electron chi connectivity index (χ2n) is 4.80. The molecule has 5 nitrogen and oxygen atoms in total. The number of carboxylic acid groups (broad SMARTS) is 1. The minimum absolute atomic E-state index is 0.0769. The SMILES string of the molecule is CCc1nc(CC(=O)NC(C)(CC)CC(=O)O)cs1. The van der Waals surface area contributed by atoms with E-state index in [1.54, 1.807) is 18.3 Å². The van der Waals surface area contributed by atoms with Crippen LogP contribution < -0.4 is 5.32 Å². The lowest BCUT2D eigenvalue weighted by molar-refractivity contribution is -0.139. The number of carboxylic acids is 1. The van der Waals surface area contributed by atoms with Crippen LogP contribution in [0.2, 0.25) is 0 Å². The zero-order chi connectivity index (χ0) is 14.5. The number of carbonyl (C=O) groups excluding carboxylic acids is 1. The third-order valence-corrected chi connectivity index (χ3v) is 4.05. The van der Waals surface area contributed by atoms with E-state index in [2.05, 4.69) is 10.3 Å². The molecule has 1 aromatic heterocycles. The van der Waals surface area contributed by atoms with Gasteiger partial charge in [-0.2, -0.15) is 0 Å². The van der Waals surface area contributed by atoms with Gasteiger partial charge in [0.25, 0.3) is 0 Å². The lowest BCUT2D eigenvalue weighted by atomic mass is 9.94. The molecule has 1 unspecified atom stereocenters. The maximum absolute atomic E-state index is 11.9. The highest BCUT2D eigenvalue weighted by molar-refractivity contribution is 7.09. The van der Waals surface area contributed by atoms with Gasteiger partial charge < -0.3 is 10.4 Å². The largest absolute Gasteiger partial charge is 0.481 e. The number of nitrogens with one attached hydrogen (secondary N) is 1. The number of thiazole rings is 1. The smallest absolute Gasteiger partial charge is 0.305 e. The van der Waals surface area contributed by atoms with Crippen molar-refractivity contribution in [3.8, 4) is 0 Å². The number of hydrogen-bond donors (Lipinski definition) is 2. The van der Waals surface area contributed by atoms with Crippen LogP contribution in [0.25, 0.3) is 0 Å². The molecule has 0 aliphatic heterocycles. The molecule has 0 aromatic carbocycles. The zero-order valence-electron chi connectivity index (χ0n) is 11.5. The number of nitrogens with zero attached hydrogens (tertiary/aromatic N) is 1. The lowest BCUT2D eigenvalue weighted by Gasteiger charge is -2.27. The summed E-state index contributed by atoms with van der Waals surface area (Å²) in [7, 11) is 0. The molecule has 1 atom stereocenters. The van der Waals surface area contributed by atoms with Gasteiger partial charge in [-0.3, -0.25) is 9.59 Å². The summed E-state index contributed by atoms with van der Waals surface area (Å²) in [6.07, 6.45) is 1.55. The van der Waals surface area contributed by atoms with Crippen molar-refractivity contribution in [2.75, 3.05) is 0 Å². The molecule has 0 saturated heterocycles. The topological polar surface area (TPSA) is 79.3 Å². The van der Waals surface area contributed by atoms with Crippen LogP contribution >= 0.6 is 11.3 Å². The molecule has 0 saturated carbocycles. The predicted octanol–water partition coefficient (Wildman–Crippen LogP) is 2.01. The van der Waals surface area contributed by atoms with Crippen LogP contribution in [0, 0.1) is 0 Å². The summed E-state index contributed by atoms with van der Waals surface area (Å²) in [5.74, 6) is -1.09. The minimum atomic E-state index is -0.911. The highest BCUT2D eigenvalue weighted by Gasteiger charge is 2.27. The summed E-state index contributed by atoms with van der Waals surface area (Å²) in [4.78, 5) is 27.0. The van der Waals surface area contributed by atoms with Crippen molar-refractivity contribution in [2.45, 2.75) is 52.0 Å². The number of rotatable bonds is 7. The van der Waals surface area contributed by atoms with Gasteiger partial charge in [-0.15, -0.1) is 11.3 Å². The number of aliphatic carboxylic acids is 1. The summed E-state index contributed by atoms with van der Waals surface area (Å²) in [5, 5.41) is 14.5. The quantitative estimate of drug-likeness (QED) is 0.802. The molecule has 0 spiro atoms. The molecule has 6 heteroatoms. The van der Waals surface area contributed by atoms with Gasteiger partial charge >= 0.3 is 5.97 Å². The summed E-state index contributed by atoms with van der Waals surface area (Å²) in [6.45, 7) is 5.63. The molecule has 0 aliphatic rings. The molecule has 0 fully saturated rings. The van der Waals surface area contributed by atoms with Gasteiger partial charge in [-0.05, 0) is 19.8 Å². The van der Waals surface area contributed by atoms with Crippen molar-refractivity contribution < 1.29 is 14.7 Å². The van der Waals surface area contributed by atoms with Gasteiger partial charge in [0.2, 0.25) is 5.91 Å². The molecule has 19 heavy (non-hydrogen) atoms. The van der Waals surface area contributed by atoms with Crippen LogP contribution in [0.5, 0.6) is 0 Å². The molecule has 2 N–H and O–H groups in total. The van der Waals surface area contributed by atoms with Crippen molar-refractivity contribution in [1.29, 1.82) is 0 Å². The van der Waals surface area contributed by atoms with Crippen LogP contribution in [0.1, 0.15) is 44.3 Å². The number of aromatic nitrogens is 1. The number of carbonyl (C=O) groups is 2. The Labute approximate surface area is 117 Å². The van der Waals surface area contributed by atoms with Crippen molar-refractivity contribution in [3.05, 3.63) is 16.1 Å². The molecule has 0 aliphatic carbocycles. The molecule has 1 rings (SSSR count). The molecule has 1 amide bonds. The first-order valence-electron chi connectivity index (χ1n) is 6.34. The average Bonchev–Trinajstić information content (AvgIpc) is 2.75. The van der Waals surface area contributed by atoms with Gasteiger partial charge in [-0.1, -0.05) is 13.8 Å². The van der Waals surface area contributed by atoms with Gasteiger partial charge in [0.15, 0.2) is 0 Å². The van der Waals surface area contributed by atoms with E-state index in [0.717, 1.165) is 17.1 Å². The minimum Gasteiger partial charge on any atom is -0.481 e. The molecule has 1 heterocycles. The van der Waals surface area contributed by atoms with E-state index in [4.69, 9.17) is 5.11 Å². The van der Waals surface area contributed by atoms with E-state index in [1.165, 1.54) is 0 Å². The van der Waals surface area contributed by atoms with E-state index < -0.39 is 11.5 Å². The predicted molar refractivity (Wildman–Crippen MR) is 74.3 cm³/mol. The molecule has 0 bridgehead atoms. The summed E-state index contributed by atoms with van der Waals surface area (Å²) in [5.41, 5.74) is 0.0418. The number of amides is 1. The monoisotopic (exact) mass is 284 g/mol. The average molecular weight is 284 g/mol. The highest BCUT2D eigenvalue weighted by Crippen LogP contribution is 2.15. The summed E-state index contributed by atoms with van der Waals surface area (Å²) >= 11 is 1.54. The van der Waals surface area contributed by atoms with Crippen LogP contribution in [0.3, 0.4) is 0 Å². The number of aryl methyl sites for hydroxylation is 1. The maximum Gasteiger partial charge on any atom is 0.305 e. The molecule has 0 radical (unpaired) electrons. The van der Waals surface area contributed by atoms with E-state index in [1.807, 2.05) is 19.2 Å². The highest BCUT2D eigenvalue weighted by atomic mass is 32.1. The molecule has 106 valence electrons. The van der Waals surface area contributed by atoms with Gasteiger partial charge in [-0.25, -0.2) is 4.98 Å². The normalized spacial score (nSPS) is 13.8. The Morgan fingerprint density at radius 1 is 1.47 bits per heavy atom. The third kappa shape index (κ3) is 4.98. The van der Waals surface area contributed by atoms with E-state index >= 15 is 0 Å². The van der Waals surface area contributed by atoms with Crippen molar-refractivity contribution in [1.82, 2.24) is 10.3 Å². The Hall–Kier alpha value is -1.43. The maximum atomic E-state index is 11.9. The van der Waals surface area contributed by atoms with Gasteiger partial charge in [0, 0.05) is 10.9 Å². The Kier molecular flexibility index (Phi) is 5.47. The fourth-order valence-electron chi connectivity index (χ4n) is 1.73. The van der Waals surface area contributed by atoms with Crippen molar-refractivity contribution in [3.63, 3.8) is 0 Å². The van der Waals surface area contributed by atoms with E-state index in [0.29, 0.717) is 6.42 Å². The second-order valence-corrected chi connectivity index (χ2v) is 5.74. The third-order valence-electron chi connectivity index (χ3n) is 3.01. The van der Waals surface area contributed by atoms with Gasteiger partial charge in [0.1, 0.15) is 0 Å². The van der Waals surface area contributed by atoms with Crippen LogP contribution in [0.4, 0.5) is 0 Å². The fraction of sp³-hybridized carbons (Fsp3) is 0.615. The first kappa shape index (κ1) is 15.6. The van der Waals surface area contributed by atoms with E-state index in [9.17, 15) is 9.59 Å². The fourth-order valence-corrected chi connectivity index (χ4v) is 2.47. The molecular weight excluding hydrogens is 264 g/mol. The summed E-state index contributed by atoms with van der Waals surface area (Å²) < 4.78 is 0. The van der Waals surface area contributed by atoms with Crippen LogP contribution in [-0.2, 0) is 22.4 Å². The lowest BCUT2D eigenvalue weighted by Crippen LogP contribution is -2.47. The summed E-state index contributed by atoms with van der Waals surface area (Å²) in [6, 6.07) is 0. The Morgan fingerprint density at radius 3 is 2.63 bits per heavy atom. The molecule has 1 aromatic rings. The Balaban J connectivity index is 2.60. The van der Waals surface area contributed by atoms with Gasteiger partial charge in [0.05, 0.1) is 23.5 Å². The molecular formula is C13H20N2O3S. The van der Waals surface area contributed by atoms with Crippen LogP contribution in [0.15, 0.2) is 5.38 Å². The first-order valence-corrected chi connectivity index (χ1v) is 7.22. The van der Waals surface area contributed by atoms with Crippen LogP contribution in [-0.4, -0.2) is 27.5 Å².